The molecule has 0 bridgehead atoms. The van der Waals surface area contributed by atoms with Crippen LogP contribution in [0, 0.1) is 0 Å². The van der Waals surface area contributed by atoms with Crippen LogP contribution in [0.15, 0.2) is 0 Å². The van der Waals surface area contributed by atoms with E-state index >= 15 is 0 Å². The van der Waals surface area contributed by atoms with Gasteiger partial charge in [0.25, 0.3) is 0 Å². The molecule has 0 aromatic carbocycles. The van der Waals surface area contributed by atoms with E-state index in [1.54, 1.807) is 0 Å². The van der Waals surface area contributed by atoms with E-state index in [9.17, 15) is 0 Å². The lowest BCUT2D eigenvalue weighted by Crippen LogP contribution is -2.22. The van der Waals surface area contributed by atoms with Crippen LogP contribution in [0.2, 0.25) is 0 Å². The van der Waals surface area contributed by atoms with Crippen molar-refractivity contribution < 1.29 is 14.2 Å². The van der Waals surface area contributed by atoms with E-state index in [4.69, 9.17) is 25.8 Å². The van der Waals surface area contributed by atoms with Crippen LogP contribution in [-0.4, -0.2) is 37.6 Å². The van der Waals surface area contributed by atoms with Gasteiger partial charge in [-0.05, 0) is 32.1 Å². The van der Waals surface area contributed by atoms with Crippen LogP contribution >= 0.6 is 11.6 Å². The third-order valence-corrected chi connectivity index (χ3v) is 3.22. The first kappa shape index (κ1) is 11.6. The largest absolute Gasteiger partial charge is 0.368 e. The van der Waals surface area contributed by atoms with Crippen LogP contribution < -0.4 is 0 Å². The van der Waals surface area contributed by atoms with E-state index in [2.05, 4.69) is 0 Å². The monoisotopic (exact) mass is 234 g/mol. The smallest absolute Gasteiger partial charge is 0.157 e. The van der Waals surface area contributed by atoms with Crippen LogP contribution in [-0.2, 0) is 14.2 Å². The minimum atomic E-state index is 0.0442. The standard InChI is InChI=1S/C11H19ClO3/c12-8-10-9(15-10)4-3-7-14-11-5-1-2-6-13-11/h9-11H,1-8H2/t9-,10-,11?/m0/s1. The van der Waals surface area contributed by atoms with Crippen molar-refractivity contribution in [3.63, 3.8) is 0 Å². The summed E-state index contributed by atoms with van der Waals surface area (Å²) < 4.78 is 16.4. The number of rotatable bonds is 6. The fraction of sp³-hybridized carbons (Fsp3) is 1.00. The molecule has 2 heterocycles. The molecule has 4 heteroatoms. The summed E-state index contributed by atoms with van der Waals surface area (Å²) >= 11 is 5.65. The van der Waals surface area contributed by atoms with Crippen LogP contribution in [0.25, 0.3) is 0 Å². The third-order valence-electron chi connectivity index (χ3n) is 2.91. The zero-order valence-corrected chi connectivity index (χ0v) is 9.75. The minimum absolute atomic E-state index is 0.0442. The van der Waals surface area contributed by atoms with Gasteiger partial charge in [0.05, 0.1) is 18.1 Å². The van der Waals surface area contributed by atoms with Crippen LogP contribution in [0.1, 0.15) is 32.1 Å². The molecule has 0 aromatic heterocycles. The van der Waals surface area contributed by atoms with E-state index in [1.165, 1.54) is 12.8 Å². The molecule has 0 saturated carbocycles. The van der Waals surface area contributed by atoms with E-state index in [0.29, 0.717) is 18.1 Å². The molecule has 0 aliphatic carbocycles. The van der Waals surface area contributed by atoms with Gasteiger partial charge in [-0.3, -0.25) is 0 Å². The summed E-state index contributed by atoms with van der Waals surface area (Å²) in [5.74, 6) is 0.622. The lowest BCUT2D eigenvalue weighted by Gasteiger charge is -2.22. The summed E-state index contributed by atoms with van der Waals surface area (Å²) in [6.45, 7) is 1.63. The van der Waals surface area contributed by atoms with Gasteiger partial charge < -0.3 is 14.2 Å². The molecule has 2 saturated heterocycles. The molecule has 2 rings (SSSR count). The molecular weight excluding hydrogens is 216 g/mol. The predicted octanol–water partition coefficient (Wildman–Crippen LogP) is 2.32. The maximum atomic E-state index is 5.65. The molecule has 1 unspecified atom stereocenters. The van der Waals surface area contributed by atoms with Gasteiger partial charge in [-0.25, -0.2) is 0 Å². The van der Waals surface area contributed by atoms with E-state index in [1.807, 2.05) is 0 Å². The molecule has 15 heavy (non-hydrogen) atoms. The quantitative estimate of drug-likeness (QED) is 0.402. The van der Waals surface area contributed by atoms with Gasteiger partial charge in [0, 0.05) is 13.2 Å². The van der Waals surface area contributed by atoms with E-state index in [0.717, 1.165) is 32.5 Å². The maximum absolute atomic E-state index is 5.65. The van der Waals surface area contributed by atoms with Crippen molar-refractivity contribution in [1.82, 2.24) is 0 Å². The van der Waals surface area contributed by atoms with Crippen molar-refractivity contribution in [2.45, 2.75) is 50.6 Å². The predicted molar refractivity (Wildman–Crippen MR) is 58.2 cm³/mol. The topological polar surface area (TPSA) is 31.0 Å². The molecule has 0 radical (unpaired) electrons. The Morgan fingerprint density at radius 1 is 1.27 bits per heavy atom. The normalized spacial score (nSPS) is 35.4. The van der Waals surface area contributed by atoms with Gasteiger partial charge >= 0.3 is 0 Å². The number of alkyl halides is 1. The fourth-order valence-corrected chi connectivity index (χ4v) is 2.18. The number of hydrogen-bond donors (Lipinski definition) is 0. The van der Waals surface area contributed by atoms with Crippen molar-refractivity contribution in [3.8, 4) is 0 Å². The SMILES string of the molecule is ClC[C@@H]1O[C@H]1CCCOC1CCCCO1. The van der Waals surface area contributed by atoms with Crippen molar-refractivity contribution in [2.75, 3.05) is 19.1 Å². The molecule has 0 aromatic rings. The Hall–Kier alpha value is 0.170. The second-order valence-electron chi connectivity index (χ2n) is 4.18. The summed E-state index contributed by atoms with van der Waals surface area (Å²) in [4.78, 5) is 0. The van der Waals surface area contributed by atoms with Gasteiger partial charge in [-0.1, -0.05) is 0 Å². The van der Waals surface area contributed by atoms with Crippen LogP contribution in [0.4, 0.5) is 0 Å². The molecule has 3 nitrogen and oxygen atoms in total. The molecule has 2 aliphatic heterocycles. The minimum Gasteiger partial charge on any atom is -0.368 e. The van der Waals surface area contributed by atoms with Crippen molar-refractivity contribution in [1.29, 1.82) is 0 Å². The number of halogens is 1. The molecular formula is C11H19ClO3. The molecule has 2 fully saturated rings. The molecule has 88 valence electrons. The number of ether oxygens (including phenoxy) is 3. The third kappa shape index (κ3) is 3.91. The van der Waals surface area contributed by atoms with Gasteiger partial charge in [0.15, 0.2) is 6.29 Å². The second-order valence-corrected chi connectivity index (χ2v) is 4.49. The zero-order valence-electron chi connectivity index (χ0n) is 8.99. The maximum Gasteiger partial charge on any atom is 0.157 e. The highest BCUT2D eigenvalue weighted by molar-refractivity contribution is 6.18. The van der Waals surface area contributed by atoms with Gasteiger partial charge in [0.1, 0.15) is 0 Å². The number of epoxide rings is 1. The van der Waals surface area contributed by atoms with Crippen molar-refractivity contribution in [3.05, 3.63) is 0 Å². The van der Waals surface area contributed by atoms with Crippen molar-refractivity contribution >= 4 is 11.6 Å². The summed E-state index contributed by atoms with van der Waals surface area (Å²) in [6.07, 6.45) is 6.28. The van der Waals surface area contributed by atoms with Gasteiger partial charge in [-0.2, -0.15) is 0 Å². The van der Waals surface area contributed by atoms with Gasteiger partial charge in [0.2, 0.25) is 0 Å². The molecule has 0 spiro atoms. The van der Waals surface area contributed by atoms with Gasteiger partial charge in [-0.15, -0.1) is 11.6 Å². The van der Waals surface area contributed by atoms with Crippen LogP contribution in [0.5, 0.6) is 0 Å². The Labute approximate surface area is 96.0 Å². The van der Waals surface area contributed by atoms with Crippen molar-refractivity contribution in [2.24, 2.45) is 0 Å². The zero-order chi connectivity index (χ0) is 10.5. The summed E-state index contributed by atoms with van der Waals surface area (Å²) in [6, 6.07) is 0. The summed E-state index contributed by atoms with van der Waals surface area (Å²) in [5, 5.41) is 0. The molecule has 3 atom stereocenters. The highest BCUT2D eigenvalue weighted by Gasteiger charge is 2.36. The average Bonchev–Trinajstić information content (AvgIpc) is 3.05. The Morgan fingerprint density at radius 3 is 2.87 bits per heavy atom. The highest BCUT2D eigenvalue weighted by Crippen LogP contribution is 2.27. The Morgan fingerprint density at radius 2 is 2.20 bits per heavy atom. The first-order valence-corrected chi connectivity index (χ1v) is 6.38. The number of hydrogen-bond acceptors (Lipinski definition) is 3. The van der Waals surface area contributed by atoms with Crippen LogP contribution in [0.3, 0.4) is 0 Å². The molecule has 0 amide bonds. The highest BCUT2D eigenvalue weighted by atomic mass is 35.5. The average molecular weight is 235 g/mol. The Kier molecular flexibility index (Phi) is 4.69. The fourth-order valence-electron chi connectivity index (χ4n) is 1.91. The molecule has 2 aliphatic rings. The second kappa shape index (κ2) is 6.04. The summed E-state index contributed by atoms with van der Waals surface area (Å²) in [7, 11) is 0. The summed E-state index contributed by atoms with van der Waals surface area (Å²) in [5.41, 5.74) is 0. The van der Waals surface area contributed by atoms with E-state index < -0.39 is 0 Å². The lowest BCUT2D eigenvalue weighted by atomic mass is 10.2. The Bertz CT molecular complexity index is 183. The lowest BCUT2D eigenvalue weighted by molar-refractivity contribution is -0.162. The molecule has 0 N–H and O–H groups in total. The first-order chi connectivity index (χ1) is 7.40. The Balaban J connectivity index is 1.45. The van der Waals surface area contributed by atoms with E-state index in [-0.39, 0.29) is 6.29 Å². The first-order valence-electron chi connectivity index (χ1n) is 5.85.